The summed E-state index contributed by atoms with van der Waals surface area (Å²) >= 11 is 6.24. The molecule has 0 amide bonds. The summed E-state index contributed by atoms with van der Waals surface area (Å²) in [5.74, 6) is 1.71. The van der Waals surface area contributed by atoms with Crippen molar-refractivity contribution in [2.45, 2.75) is 19.6 Å². The average Bonchev–Trinajstić information content (AvgIpc) is 2.85. The highest BCUT2D eigenvalue weighted by atomic mass is 35.5. The number of halogens is 1. The Morgan fingerprint density at radius 3 is 3.06 bits per heavy atom. The van der Waals surface area contributed by atoms with E-state index in [0.717, 1.165) is 30.3 Å². The van der Waals surface area contributed by atoms with Crippen molar-refractivity contribution in [3.63, 3.8) is 0 Å². The van der Waals surface area contributed by atoms with E-state index in [9.17, 15) is 0 Å². The molecule has 6 nitrogen and oxygen atoms in total. The predicted octanol–water partition coefficient (Wildman–Crippen LogP) is 0.805. The Labute approximate surface area is 109 Å². The van der Waals surface area contributed by atoms with Crippen LogP contribution in [0.5, 0.6) is 0 Å². The first kappa shape index (κ1) is 11.4. The standard InChI is InChI=1S/C11H13ClN6/c12-9-3-8(4-13)5-14-11(9)17-1-2-18-7-15-16-10(18)6-17/h3,5,7H,1-2,4,6,13H2. The summed E-state index contributed by atoms with van der Waals surface area (Å²) in [5, 5.41) is 8.60. The van der Waals surface area contributed by atoms with Gasteiger partial charge in [-0.2, -0.15) is 0 Å². The number of anilines is 1. The van der Waals surface area contributed by atoms with E-state index >= 15 is 0 Å². The van der Waals surface area contributed by atoms with Gasteiger partial charge in [-0.15, -0.1) is 10.2 Å². The molecule has 3 rings (SSSR count). The van der Waals surface area contributed by atoms with Crippen LogP contribution < -0.4 is 10.6 Å². The molecule has 1 aliphatic heterocycles. The van der Waals surface area contributed by atoms with Gasteiger partial charge in [-0.3, -0.25) is 0 Å². The lowest BCUT2D eigenvalue weighted by Gasteiger charge is -2.28. The van der Waals surface area contributed by atoms with Crippen LogP contribution in [0.2, 0.25) is 5.02 Å². The van der Waals surface area contributed by atoms with Crippen molar-refractivity contribution >= 4 is 17.4 Å². The number of hydrogen-bond donors (Lipinski definition) is 1. The molecule has 2 N–H and O–H groups in total. The van der Waals surface area contributed by atoms with Crippen LogP contribution in [0, 0.1) is 0 Å². The van der Waals surface area contributed by atoms with E-state index in [1.54, 1.807) is 12.5 Å². The fourth-order valence-corrected chi connectivity index (χ4v) is 2.37. The Kier molecular flexibility index (Phi) is 2.89. The number of rotatable bonds is 2. The molecule has 0 spiro atoms. The Morgan fingerprint density at radius 2 is 2.28 bits per heavy atom. The SMILES string of the molecule is NCc1cnc(N2CCn3cnnc3C2)c(Cl)c1. The third-order valence-electron chi connectivity index (χ3n) is 3.05. The van der Waals surface area contributed by atoms with Crippen molar-refractivity contribution in [2.75, 3.05) is 11.4 Å². The van der Waals surface area contributed by atoms with Gasteiger partial charge in [0.1, 0.15) is 12.1 Å². The van der Waals surface area contributed by atoms with Gasteiger partial charge in [0.25, 0.3) is 0 Å². The van der Waals surface area contributed by atoms with E-state index in [-0.39, 0.29) is 0 Å². The first-order chi connectivity index (χ1) is 8.78. The summed E-state index contributed by atoms with van der Waals surface area (Å²) in [6, 6.07) is 1.86. The number of aromatic nitrogens is 4. The van der Waals surface area contributed by atoms with Crippen LogP contribution in [-0.2, 0) is 19.6 Å². The van der Waals surface area contributed by atoms with E-state index in [1.807, 2.05) is 10.6 Å². The molecule has 0 unspecified atom stereocenters. The number of nitrogens with zero attached hydrogens (tertiary/aromatic N) is 5. The van der Waals surface area contributed by atoms with E-state index < -0.39 is 0 Å². The lowest BCUT2D eigenvalue weighted by Crippen LogP contribution is -2.34. The van der Waals surface area contributed by atoms with Crippen molar-refractivity contribution in [1.82, 2.24) is 19.7 Å². The lowest BCUT2D eigenvalue weighted by molar-refractivity contribution is 0.556. The van der Waals surface area contributed by atoms with Gasteiger partial charge in [0.2, 0.25) is 0 Å². The maximum Gasteiger partial charge on any atom is 0.152 e. The molecule has 0 aliphatic carbocycles. The fraction of sp³-hybridized carbons (Fsp3) is 0.364. The zero-order valence-electron chi connectivity index (χ0n) is 9.75. The molecule has 0 aromatic carbocycles. The minimum atomic E-state index is 0.446. The number of hydrogen-bond acceptors (Lipinski definition) is 5. The summed E-state index contributed by atoms with van der Waals surface area (Å²) in [6.07, 6.45) is 3.51. The van der Waals surface area contributed by atoms with E-state index in [4.69, 9.17) is 17.3 Å². The van der Waals surface area contributed by atoms with E-state index in [2.05, 4.69) is 20.1 Å². The van der Waals surface area contributed by atoms with E-state index in [1.165, 1.54) is 0 Å². The summed E-state index contributed by atoms with van der Waals surface area (Å²) < 4.78 is 2.04. The molecular formula is C11H13ClN6. The van der Waals surface area contributed by atoms with Gasteiger partial charge in [0, 0.05) is 25.8 Å². The Hall–Kier alpha value is -1.66. The summed E-state index contributed by atoms with van der Waals surface area (Å²) in [4.78, 5) is 6.49. The van der Waals surface area contributed by atoms with Crippen LogP contribution in [0.25, 0.3) is 0 Å². The smallest absolute Gasteiger partial charge is 0.152 e. The second kappa shape index (κ2) is 4.55. The maximum absolute atomic E-state index is 6.24. The van der Waals surface area contributed by atoms with Crippen LogP contribution in [0.3, 0.4) is 0 Å². The first-order valence-corrected chi connectivity index (χ1v) is 6.12. The molecule has 18 heavy (non-hydrogen) atoms. The topological polar surface area (TPSA) is 72.9 Å². The fourth-order valence-electron chi connectivity index (χ4n) is 2.06. The number of pyridine rings is 1. The van der Waals surface area contributed by atoms with Gasteiger partial charge in [-0.25, -0.2) is 4.98 Å². The highest BCUT2D eigenvalue weighted by Crippen LogP contribution is 2.26. The van der Waals surface area contributed by atoms with Crippen LogP contribution in [0.1, 0.15) is 11.4 Å². The predicted molar refractivity (Wildman–Crippen MR) is 68.2 cm³/mol. The quantitative estimate of drug-likeness (QED) is 0.869. The summed E-state index contributed by atoms with van der Waals surface area (Å²) in [6.45, 7) is 2.81. The second-order valence-corrected chi connectivity index (χ2v) is 4.62. The van der Waals surface area contributed by atoms with Crippen molar-refractivity contribution in [2.24, 2.45) is 5.73 Å². The van der Waals surface area contributed by atoms with Gasteiger partial charge in [-0.1, -0.05) is 11.6 Å². The minimum Gasteiger partial charge on any atom is -0.346 e. The van der Waals surface area contributed by atoms with Gasteiger partial charge in [0.05, 0.1) is 11.6 Å². The van der Waals surface area contributed by atoms with Crippen molar-refractivity contribution < 1.29 is 0 Å². The monoisotopic (exact) mass is 264 g/mol. The molecule has 7 heteroatoms. The zero-order valence-corrected chi connectivity index (χ0v) is 10.5. The van der Waals surface area contributed by atoms with Crippen molar-refractivity contribution in [3.05, 3.63) is 35.0 Å². The molecular weight excluding hydrogens is 252 g/mol. The Balaban J connectivity index is 1.88. The van der Waals surface area contributed by atoms with Crippen molar-refractivity contribution in [1.29, 1.82) is 0 Å². The van der Waals surface area contributed by atoms with Gasteiger partial charge < -0.3 is 15.2 Å². The third-order valence-corrected chi connectivity index (χ3v) is 3.33. The molecule has 0 radical (unpaired) electrons. The molecule has 2 aromatic heterocycles. The molecule has 2 aromatic rings. The van der Waals surface area contributed by atoms with Crippen LogP contribution in [0.15, 0.2) is 18.6 Å². The first-order valence-electron chi connectivity index (χ1n) is 5.74. The molecule has 1 aliphatic rings. The summed E-state index contributed by atoms with van der Waals surface area (Å²) in [5.41, 5.74) is 6.50. The van der Waals surface area contributed by atoms with Gasteiger partial charge in [-0.05, 0) is 11.6 Å². The molecule has 0 saturated heterocycles. The minimum absolute atomic E-state index is 0.446. The van der Waals surface area contributed by atoms with Crippen LogP contribution >= 0.6 is 11.6 Å². The molecule has 0 atom stereocenters. The van der Waals surface area contributed by atoms with Gasteiger partial charge >= 0.3 is 0 Å². The van der Waals surface area contributed by atoms with Crippen molar-refractivity contribution in [3.8, 4) is 0 Å². The Morgan fingerprint density at radius 1 is 1.39 bits per heavy atom. The highest BCUT2D eigenvalue weighted by molar-refractivity contribution is 6.33. The largest absolute Gasteiger partial charge is 0.346 e. The zero-order chi connectivity index (χ0) is 12.5. The van der Waals surface area contributed by atoms with Crippen LogP contribution in [-0.4, -0.2) is 26.3 Å². The Bertz CT molecular complexity index is 566. The number of nitrogens with two attached hydrogens (primary N) is 1. The molecule has 0 saturated carbocycles. The number of fused-ring (bicyclic) bond motifs is 1. The summed E-state index contributed by atoms with van der Waals surface area (Å²) in [7, 11) is 0. The van der Waals surface area contributed by atoms with Gasteiger partial charge in [0.15, 0.2) is 5.82 Å². The second-order valence-electron chi connectivity index (χ2n) is 4.22. The molecule has 3 heterocycles. The molecule has 0 bridgehead atoms. The van der Waals surface area contributed by atoms with Crippen LogP contribution in [0.4, 0.5) is 5.82 Å². The lowest BCUT2D eigenvalue weighted by atomic mass is 10.2. The molecule has 94 valence electrons. The molecule has 0 fully saturated rings. The third kappa shape index (κ3) is 1.93. The average molecular weight is 265 g/mol. The normalized spacial score (nSPS) is 14.7. The van der Waals surface area contributed by atoms with E-state index in [0.29, 0.717) is 18.1 Å². The highest BCUT2D eigenvalue weighted by Gasteiger charge is 2.20. The maximum atomic E-state index is 6.24.